The van der Waals surface area contributed by atoms with Gasteiger partial charge in [-0.3, -0.25) is 18.7 Å². The summed E-state index contributed by atoms with van der Waals surface area (Å²) in [7, 11) is 4.35. The molecule has 0 unspecified atom stereocenters. The highest BCUT2D eigenvalue weighted by molar-refractivity contribution is 5.97. The maximum atomic E-state index is 12.9. The largest absolute Gasteiger partial charge is 0.497 e. The van der Waals surface area contributed by atoms with Crippen molar-refractivity contribution < 1.29 is 19.1 Å². The van der Waals surface area contributed by atoms with Gasteiger partial charge in [0.1, 0.15) is 5.75 Å². The van der Waals surface area contributed by atoms with Crippen molar-refractivity contribution in [2.24, 2.45) is 7.05 Å². The average molecular weight is 437 g/mol. The van der Waals surface area contributed by atoms with Crippen molar-refractivity contribution in [3.63, 3.8) is 0 Å². The third-order valence-corrected chi connectivity index (χ3v) is 4.97. The summed E-state index contributed by atoms with van der Waals surface area (Å²) in [5, 5.41) is 3.03. The summed E-state index contributed by atoms with van der Waals surface area (Å²) in [6.07, 6.45) is 2.50. The van der Waals surface area contributed by atoms with Crippen molar-refractivity contribution in [2.45, 2.75) is 13.1 Å². The Morgan fingerprint density at radius 1 is 1.06 bits per heavy atom. The van der Waals surface area contributed by atoms with Gasteiger partial charge < -0.3 is 14.8 Å². The van der Waals surface area contributed by atoms with Gasteiger partial charge in [-0.25, -0.2) is 9.59 Å². The Hall–Kier alpha value is -4.14. The third kappa shape index (κ3) is 4.77. The molecule has 1 aromatic heterocycles. The molecule has 2 aromatic carbocycles. The normalized spacial score (nSPS) is 11.0. The van der Waals surface area contributed by atoms with E-state index in [2.05, 4.69) is 10.1 Å². The first-order valence-corrected chi connectivity index (χ1v) is 9.75. The van der Waals surface area contributed by atoms with Crippen LogP contribution in [0.25, 0.3) is 10.9 Å². The van der Waals surface area contributed by atoms with E-state index in [0.717, 1.165) is 22.0 Å². The molecule has 0 atom stereocenters. The van der Waals surface area contributed by atoms with Gasteiger partial charge in [0.15, 0.2) is 0 Å². The lowest BCUT2D eigenvalue weighted by atomic mass is 10.1. The Balaban J connectivity index is 1.88. The molecule has 32 heavy (non-hydrogen) atoms. The van der Waals surface area contributed by atoms with E-state index in [-0.39, 0.29) is 17.8 Å². The Morgan fingerprint density at radius 2 is 1.78 bits per heavy atom. The third-order valence-electron chi connectivity index (χ3n) is 4.97. The predicted octanol–water partition coefficient (Wildman–Crippen LogP) is 1.37. The molecule has 166 valence electrons. The number of ether oxygens (including phenoxy) is 2. The zero-order valence-corrected chi connectivity index (χ0v) is 18.0. The van der Waals surface area contributed by atoms with Crippen LogP contribution < -0.4 is 21.3 Å². The second-order valence-corrected chi connectivity index (χ2v) is 6.95. The number of aromatic nitrogens is 2. The van der Waals surface area contributed by atoms with E-state index < -0.39 is 17.2 Å². The monoisotopic (exact) mass is 437 g/mol. The summed E-state index contributed by atoms with van der Waals surface area (Å²) in [6, 6.07) is 11.9. The molecule has 0 saturated carbocycles. The van der Waals surface area contributed by atoms with E-state index >= 15 is 0 Å². The minimum Gasteiger partial charge on any atom is -0.497 e. The number of methoxy groups -OCH3 is 2. The molecule has 0 bridgehead atoms. The van der Waals surface area contributed by atoms with Gasteiger partial charge in [-0.1, -0.05) is 18.2 Å². The lowest BCUT2D eigenvalue weighted by molar-refractivity contribution is -0.134. The summed E-state index contributed by atoms with van der Waals surface area (Å²) in [6.45, 7) is 0.196. The molecule has 0 aliphatic carbocycles. The number of hydrogen-bond donors (Lipinski definition) is 1. The number of nitrogens with one attached hydrogen (secondary N) is 1. The molecule has 3 rings (SSSR count). The van der Waals surface area contributed by atoms with Gasteiger partial charge in [0.05, 0.1) is 25.1 Å². The summed E-state index contributed by atoms with van der Waals surface area (Å²) in [4.78, 5) is 49.4. The van der Waals surface area contributed by atoms with Gasteiger partial charge in [0, 0.05) is 31.8 Å². The van der Waals surface area contributed by atoms with Crippen molar-refractivity contribution in [1.82, 2.24) is 14.5 Å². The van der Waals surface area contributed by atoms with E-state index in [1.165, 1.54) is 30.9 Å². The molecule has 9 heteroatoms. The van der Waals surface area contributed by atoms with Gasteiger partial charge in [0.25, 0.3) is 11.5 Å². The summed E-state index contributed by atoms with van der Waals surface area (Å²) < 4.78 is 11.9. The molecule has 0 spiro atoms. The van der Waals surface area contributed by atoms with Crippen molar-refractivity contribution in [3.05, 3.63) is 86.6 Å². The number of aryl methyl sites for hydroxylation is 1. The molecule has 0 fully saturated rings. The first-order valence-electron chi connectivity index (χ1n) is 9.75. The van der Waals surface area contributed by atoms with Crippen molar-refractivity contribution in [2.75, 3.05) is 14.2 Å². The maximum absolute atomic E-state index is 12.9. The van der Waals surface area contributed by atoms with Gasteiger partial charge in [-0.15, -0.1) is 0 Å². The Bertz CT molecular complexity index is 1300. The van der Waals surface area contributed by atoms with Crippen LogP contribution in [0.15, 0.2) is 64.2 Å². The van der Waals surface area contributed by atoms with Crippen LogP contribution in [-0.4, -0.2) is 35.2 Å². The number of esters is 1. The quantitative estimate of drug-likeness (QED) is 0.442. The van der Waals surface area contributed by atoms with Crippen LogP contribution in [0.1, 0.15) is 15.9 Å². The number of fused-ring (bicyclic) bond motifs is 1. The second-order valence-electron chi connectivity index (χ2n) is 6.95. The number of carbonyl (C=O) groups excluding carboxylic acids is 2. The number of nitrogens with zero attached hydrogens (tertiary/aromatic N) is 2. The molecule has 1 amide bonds. The minimum atomic E-state index is -0.591. The standard InChI is InChI=1S/C23H23N3O6/c1-25-19-11-8-16(21(28)24-14-15-6-9-17(31-2)10-7-15)13-18(19)22(29)26(23(25)30)12-4-5-20(27)32-3/h4-11,13H,12,14H2,1-3H3,(H,24,28)/b5-4+. The lowest BCUT2D eigenvalue weighted by Gasteiger charge is -2.11. The zero-order valence-electron chi connectivity index (χ0n) is 18.0. The first kappa shape index (κ1) is 22.5. The molecule has 0 saturated heterocycles. The predicted molar refractivity (Wildman–Crippen MR) is 119 cm³/mol. The van der Waals surface area contributed by atoms with E-state index in [1.807, 2.05) is 12.1 Å². The molecule has 3 aromatic rings. The minimum absolute atomic E-state index is 0.107. The Morgan fingerprint density at radius 3 is 2.44 bits per heavy atom. The van der Waals surface area contributed by atoms with Crippen LogP contribution in [0.3, 0.4) is 0 Å². The maximum Gasteiger partial charge on any atom is 0.331 e. The number of hydrogen-bond acceptors (Lipinski definition) is 6. The molecule has 0 aliphatic rings. The van der Waals surface area contributed by atoms with Crippen molar-refractivity contribution in [1.29, 1.82) is 0 Å². The molecular formula is C23H23N3O6. The number of carbonyl (C=O) groups is 2. The van der Waals surface area contributed by atoms with Gasteiger partial charge in [-0.05, 0) is 35.9 Å². The zero-order chi connectivity index (χ0) is 23.3. The van der Waals surface area contributed by atoms with E-state index in [9.17, 15) is 19.2 Å². The van der Waals surface area contributed by atoms with E-state index in [0.29, 0.717) is 17.6 Å². The summed E-state index contributed by atoms with van der Waals surface area (Å²) in [5.74, 6) is -0.225. The highest BCUT2D eigenvalue weighted by Crippen LogP contribution is 2.13. The van der Waals surface area contributed by atoms with Crippen LogP contribution in [0, 0.1) is 0 Å². The summed E-state index contributed by atoms with van der Waals surface area (Å²) >= 11 is 0. The SMILES string of the molecule is COC(=O)/C=C/Cn1c(=O)c2cc(C(=O)NCc3ccc(OC)cc3)ccc2n(C)c1=O. The van der Waals surface area contributed by atoms with Crippen molar-refractivity contribution in [3.8, 4) is 5.75 Å². The fraction of sp³-hybridized carbons (Fsp3) is 0.217. The number of amides is 1. The van der Waals surface area contributed by atoms with Crippen LogP contribution in [0.4, 0.5) is 0 Å². The molecular weight excluding hydrogens is 414 g/mol. The molecule has 1 heterocycles. The fourth-order valence-electron chi connectivity index (χ4n) is 3.17. The Kier molecular flexibility index (Phi) is 6.89. The smallest absolute Gasteiger partial charge is 0.331 e. The first-order chi connectivity index (χ1) is 15.3. The second kappa shape index (κ2) is 9.78. The molecule has 0 aliphatic heterocycles. The van der Waals surface area contributed by atoms with Crippen LogP contribution in [0.2, 0.25) is 0 Å². The Labute approximate surface area is 183 Å². The topological polar surface area (TPSA) is 109 Å². The van der Waals surface area contributed by atoms with Gasteiger partial charge >= 0.3 is 11.7 Å². The average Bonchev–Trinajstić information content (AvgIpc) is 2.82. The van der Waals surface area contributed by atoms with E-state index in [1.54, 1.807) is 31.4 Å². The van der Waals surface area contributed by atoms with E-state index in [4.69, 9.17) is 4.74 Å². The van der Waals surface area contributed by atoms with Gasteiger partial charge in [-0.2, -0.15) is 0 Å². The number of rotatable bonds is 7. The lowest BCUT2D eigenvalue weighted by Crippen LogP contribution is -2.39. The van der Waals surface area contributed by atoms with Crippen LogP contribution in [0.5, 0.6) is 5.75 Å². The molecule has 1 N–H and O–H groups in total. The van der Waals surface area contributed by atoms with Crippen LogP contribution >= 0.6 is 0 Å². The highest BCUT2D eigenvalue weighted by atomic mass is 16.5. The van der Waals surface area contributed by atoms with Gasteiger partial charge in [0.2, 0.25) is 0 Å². The fourth-order valence-corrected chi connectivity index (χ4v) is 3.17. The van der Waals surface area contributed by atoms with Crippen molar-refractivity contribution >= 4 is 22.8 Å². The van der Waals surface area contributed by atoms with Crippen LogP contribution in [-0.2, 0) is 29.7 Å². The molecule has 0 radical (unpaired) electrons. The highest BCUT2D eigenvalue weighted by Gasteiger charge is 2.13. The molecule has 9 nitrogen and oxygen atoms in total. The number of benzene rings is 2. The number of allylic oxidation sites excluding steroid dienone is 1. The summed E-state index contributed by atoms with van der Waals surface area (Å²) in [5.41, 5.74) is 0.497.